The predicted octanol–water partition coefficient (Wildman–Crippen LogP) is 4.27. The number of anilines is 2. The van der Waals surface area contributed by atoms with Gasteiger partial charge in [0.1, 0.15) is 11.1 Å². The van der Waals surface area contributed by atoms with Crippen molar-refractivity contribution in [2.24, 2.45) is 0 Å². The molecular weight excluding hydrogens is 498 g/mol. The first kappa shape index (κ1) is 24.3. The summed E-state index contributed by atoms with van der Waals surface area (Å²) in [5.74, 6) is -0.235. The predicted molar refractivity (Wildman–Crippen MR) is 136 cm³/mol. The molecule has 0 bridgehead atoms. The minimum Gasteiger partial charge on any atom is -0.505 e. The molecule has 3 N–H and O–H groups in total. The van der Waals surface area contributed by atoms with Gasteiger partial charge in [0.15, 0.2) is 23.3 Å². The van der Waals surface area contributed by atoms with Crippen molar-refractivity contribution in [1.82, 2.24) is 15.2 Å². The van der Waals surface area contributed by atoms with Gasteiger partial charge in [-0.1, -0.05) is 29.5 Å². The van der Waals surface area contributed by atoms with Gasteiger partial charge in [-0.2, -0.15) is 0 Å². The highest BCUT2D eigenvalue weighted by Gasteiger charge is 2.29. The summed E-state index contributed by atoms with van der Waals surface area (Å²) in [5, 5.41) is 25.4. The van der Waals surface area contributed by atoms with Crippen molar-refractivity contribution >= 4 is 44.4 Å². The maximum Gasteiger partial charge on any atom is 0.333 e. The Morgan fingerprint density at radius 1 is 1.08 bits per heavy atom. The second kappa shape index (κ2) is 9.54. The van der Waals surface area contributed by atoms with Gasteiger partial charge in [-0.15, -0.1) is 10.2 Å². The standard InChI is InChI=1S/C25H23N5O6S/c1-25(2,3)36-22(33)19(14-7-9-16-17(11-14)35-12-34-16)27-23-29-30-24(37-23)28-21(32)15-8-6-13-5-4-10-26-18(13)20(15)31/h4-11,19,31H,12H2,1-3H3,(H,27,29)(H,28,30,32). The number of rotatable bonds is 6. The van der Waals surface area contributed by atoms with E-state index >= 15 is 0 Å². The van der Waals surface area contributed by atoms with Crippen molar-refractivity contribution in [3.63, 3.8) is 0 Å². The van der Waals surface area contributed by atoms with Crippen molar-refractivity contribution in [3.8, 4) is 17.2 Å². The van der Waals surface area contributed by atoms with E-state index in [9.17, 15) is 14.7 Å². The first-order chi connectivity index (χ1) is 17.7. The Bertz CT molecular complexity index is 1500. The highest BCUT2D eigenvalue weighted by atomic mass is 32.1. The van der Waals surface area contributed by atoms with Crippen LogP contribution in [0.3, 0.4) is 0 Å². The average molecular weight is 522 g/mol. The van der Waals surface area contributed by atoms with Crippen molar-refractivity contribution in [2.45, 2.75) is 32.4 Å². The summed E-state index contributed by atoms with van der Waals surface area (Å²) in [7, 11) is 0. The fourth-order valence-electron chi connectivity index (χ4n) is 3.66. The molecule has 0 saturated heterocycles. The van der Waals surface area contributed by atoms with Crippen LogP contribution in [-0.4, -0.2) is 44.6 Å². The Kier molecular flexibility index (Phi) is 6.25. The van der Waals surface area contributed by atoms with Gasteiger partial charge in [0.25, 0.3) is 5.91 Å². The second-order valence-corrected chi connectivity index (χ2v) is 10.1. The van der Waals surface area contributed by atoms with Crippen LogP contribution in [0, 0.1) is 0 Å². The maximum atomic E-state index is 13.1. The number of carbonyl (C=O) groups excluding carboxylic acids is 2. The molecule has 190 valence electrons. The van der Waals surface area contributed by atoms with Gasteiger partial charge in [-0.3, -0.25) is 15.1 Å². The molecule has 3 heterocycles. The van der Waals surface area contributed by atoms with E-state index < -0.39 is 23.5 Å². The summed E-state index contributed by atoms with van der Waals surface area (Å²) < 4.78 is 16.4. The summed E-state index contributed by atoms with van der Waals surface area (Å²) >= 11 is 1.02. The van der Waals surface area contributed by atoms with Crippen LogP contribution in [0.15, 0.2) is 48.7 Å². The van der Waals surface area contributed by atoms with E-state index in [4.69, 9.17) is 14.2 Å². The number of phenolic OH excluding ortho intramolecular Hbond substituents is 1. The van der Waals surface area contributed by atoms with Gasteiger partial charge in [0, 0.05) is 11.6 Å². The third kappa shape index (κ3) is 5.23. The molecule has 37 heavy (non-hydrogen) atoms. The smallest absolute Gasteiger partial charge is 0.333 e. The summed E-state index contributed by atoms with van der Waals surface area (Å²) in [6.45, 7) is 5.43. The molecule has 2 aromatic heterocycles. The number of nitrogens with zero attached hydrogens (tertiary/aromatic N) is 3. The van der Waals surface area contributed by atoms with Gasteiger partial charge in [0.05, 0.1) is 5.56 Å². The number of aromatic nitrogens is 3. The number of pyridine rings is 1. The third-order valence-corrected chi connectivity index (χ3v) is 6.05. The lowest BCUT2D eigenvalue weighted by atomic mass is 10.1. The van der Waals surface area contributed by atoms with Crippen LogP contribution in [0.4, 0.5) is 10.3 Å². The Balaban J connectivity index is 1.36. The first-order valence-corrected chi connectivity index (χ1v) is 12.1. The van der Waals surface area contributed by atoms with E-state index in [1.54, 1.807) is 57.2 Å². The summed E-state index contributed by atoms with van der Waals surface area (Å²) in [6.07, 6.45) is 1.54. The van der Waals surface area contributed by atoms with Gasteiger partial charge in [-0.05, 0) is 50.6 Å². The van der Waals surface area contributed by atoms with E-state index in [0.717, 1.165) is 11.3 Å². The number of amides is 1. The SMILES string of the molecule is CC(C)(C)OC(=O)C(Nc1nnc(NC(=O)c2ccc3cccnc3c2O)s1)c1ccc2c(c1)OCO2. The van der Waals surface area contributed by atoms with Gasteiger partial charge in [-0.25, -0.2) is 4.79 Å². The lowest BCUT2D eigenvalue weighted by Crippen LogP contribution is -2.31. The zero-order valence-corrected chi connectivity index (χ0v) is 21.0. The third-order valence-electron chi connectivity index (χ3n) is 5.28. The summed E-state index contributed by atoms with van der Waals surface area (Å²) in [5.41, 5.74) is 0.221. The number of hydrogen-bond acceptors (Lipinski definition) is 11. The van der Waals surface area contributed by atoms with Gasteiger partial charge in [0.2, 0.25) is 17.1 Å². The average Bonchev–Trinajstić information content (AvgIpc) is 3.50. The zero-order valence-electron chi connectivity index (χ0n) is 20.1. The maximum absolute atomic E-state index is 13.1. The van der Waals surface area contributed by atoms with Gasteiger partial charge >= 0.3 is 5.97 Å². The van der Waals surface area contributed by atoms with Crippen LogP contribution >= 0.6 is 11.3 Å². The molecule has 0 fully saturated rings. The molecule has 0 spiro atoms. The number of phenols is 1. The number of fused-ring (bicyclic) bond motifs is 2. The molecule has 1 unspecified atom stereocenters. The van der Waals surface area contributed by atoms with E-state index in [0.29, 0.717) is 28.0 Å². The highest BCUT2D eigenvalue weighted by molar-refractivity contribution is 7.19. The Labute approximate surface area is 215 Å². The number of aromatic hydroxyl groups is 1. The Morgan fingerprint density at radius 2 is 1.86 bits per heavy atom. The fourth-order valence-corrected chi connectivity index (χ4v) is 4.33. The van der Waals surface area contributed by atoms with Crippen molar-refractivity contribution in [2.75, 3.05) is 17.4 Å². The number of hydrogen-bond donors (Lipinski definition) is 3. The topological polar surface area (TPSA) is 145 Å². The van der Waals surface area contributed by atoms with Crippen molar-refractivity contribution < 1.29 is 28.9 Å². The lowest BCUT2D eigenvalue weighted by molar-refractivity contribution is -0.156. The van der Waals surface area contributed by atoms with Crippen molar-refractivity contribution in [3.05, 3.63) is 59.8 Å². The molecule has 0 aliphatic carbocycles. The number of esters is 1. The number of ether oxygens (including phenoxy) is 3. The Hall–Kier alpha value is -4.45. The molecule has 1 aliphatic heterocycles. The molecule has 2 aromatic carbocycles. The zero-order chi connectivity index (χ0) is 26.2. The van der Waals surface area contributed by atoms with E-state index in [-0.39, 0.29) is 28.4 Å². The fraction of sp³-hybridized carbons (Fsp3) is 0.240. The quantitative estimate of drug-likeness (QED) is 0.315. The molecule has 11 nitrogen and oxygen atoms in total. The minimum atomic E-state index is -0.930. The second-order valence-electron chi connectivity index (χ2n) is 9.13. The lowest BCUT2D eigenvalue weighted by Gasteiger charge is -2.24. The van der Waals surface area contributed by atoms with Crippen LogP contribution in [-0.2, 0) is 9.53 Å². The number of carbonyl (C=O) groups is 2. The highest BCUT2D eigenvalue weighted by Crippen LogP contribution is 2.36. The van der Waals surface area contributed by atoms with Crippen LogP contribution < -0.4 is 20.1 Å². The first-order valence-electron chi connectivity index (χ1n) is 11.3. The summed E-state index contributed by atoms with van der Waals surface area (Å²) in [4.78, 5) is 30.0. The monoisotopic (exact) mass is 521 g/mol. The van der Waals surface area contributed by atoms with E-state index in [1.165, 1.54) is 12.3 Å². The molecule has 0 radical (unpaired) electrons. The van der Waals surface area contributed by atoms with Crippen LogP contribution in [0.2, 0.25) is 0 Å². The Morgan fingerprint density at radius 3 is 2.68 bits per heavy atom. The van der Waals surface area contributed by atoms with Crippen LogP contribution in [0.25, 0.3) is 10.9 Å². The number of nitrogens with one attached hydrogen (secondary N) is 2. The van der Waals surface area contributed by atoms with Crippen LogP contribution in [0.1, 0.15) is 42.7 Å². The normalized spacial score (nSPS) is 13.3. The van der Waals surface area contributed by atoms with Crippen LogP contribution in [0.5, 0.6) is 17.2 Å². The van der Waals surface area contributed by atoms with E-state index in [1.807, 2.05) is 0 Å². The molecule has 4 aromatic rings. The molecular formula is C25H23N5O6S. The molecule has 1 aliphatic rings. The molecule has 5 rings (SSSR count). The largest absolute Gasteiger partial charge is 0.505 e. The molecule has 12 heteroatoms. The summed E-state index contributed by atoms with van der Waals surface area (Å²) in [6, 6.07) is 10.9. The minimum absolute atomic E-state index is 0.0444. The van der Waals surface area contributed by atoms with Gasteiger partial charge < -0.3 is 24.6 Å². The van der Waals surface area contributed by atoms with E-state index in [2.05, 4.69) is 25.8 Å². The number of benzene rings is 2. The molecule has 0 saturated carbocycles. The molecule has 1 atom stereocenters. The molecule has 1 amide bonds. The van der Waals surface area contributed by atoms with Crippen molar-refractivity contribution in [1.29, 1.82) is 0 Å².